The van der Waals surface area contributed by atoms with E-state index in [1.165, 1.54) is 4.90 Å². The number of hydrogen-bond acceptors (Lipinski definition) is 3. The second-order valence-electron chi connectivity index (χ2n) is 6.06. The number of unbranched alkanes of at least 4 members (excludes halogenated alkanes) is 1. The van der Waals surface area contributed by atoms with Gasteiger partial charge < -0.3 is 20.4 Å². The molecule has 0 heterocycles. The molecule has 1 aliphatic carbocycles. The molecule has 0 saturated heterocycles. The minimum atomic E-state index is -1.15. The average Bonchev–Trinajstić information content (AvgIpc) is 2.45. The van der Waals surface area contributed by atoms with Crippen molar-refractivity contribution in [1.29, 1.82) is 0 Å². The molecule has 0 bridgehead atoms. The first-order valence-corrected chi connectivity index (χ1v) is 7.86. The van der Waals surface area contributed by atoms with Gasteiger partial charge in [-0.3, -0.25) is 0 Å². The van der Waals surface area contributed by atoms with Crippen LogP contribution in [0.25, 0.3) is 0 Å². The number of carbonyl (C=O) groups excluding carboxylic acids is 1. The van der Waals surface area contributed by atoms with Crippen molar-refractivity contribution in [3.63, 3.8) is 0 Å². The molecule has 2 amide bonds. The van der Waals surface area contributed by atoms with Crippen LogP contribution in [-0.4, -0.2) is 52.3 Å². The minimum Gasteiger partial charge on any atom is -0.480 e. The molecule has 3 N–H and O–H groups in total. The van der Waals surface area contributed by atoms with E-state index in [1.54, 1.807) is 0 Å². The topological polar surface area (TPSA) is 89.9 Å². The molecule has 0 aromatic heterocycles. The lowest BCUT2D eigenvalue weighted by Gasteiger charge is -2.38. The van der Waals surface area contributed by atoms with Crippen LogP contribution in [0.2, 0.25) is 0 Å². The molecule has 1 fully saturated rings. The van der Waals surface area contributed by atoms with Gasteiger partial charge >= 0.3 is 12.0 Å². The Morgan fingerprint density at radius 2 is 1.90 bits per heavy atom. The van der Waals surface area contributed by atoms with Crippen LogP contribution < -0.4 is 5.32 Å². The summed E-state index contributed by atoms with van der Waals surface area (Å²) in [6.07, 6.45) is 4.33. The van der Waals surface area contributed by atoms with E-state index >= 15 is 0 Å². The van der Waals surface area contributed by atoms with Crippen LogP contribution in [0.15, 0.2) is 0 Å². The summed E-state index contributed by atoms with van der Waals surface area (Å²) in [4.78, 5) is 25.5. The summed E-state index contributed by atoms with van der Waals surface area (Å²) in [5.74, 6) is -0.454. The van der Waals surface area contributed by atoms with Gasteiger partial charge in [0.1, 0.15) is 5.54 Å². The average molecular weight is 300 g/mol. The molecule has 6 heteroatoms. The molecule has 1 rings (SSSR count). The highest BCUT2D eigenvalue weighted by Gasteiger charge is 2.43. The Morgan fingerprint density at radius 3 is 2.38 bits per heavy atom. The predicted octanol–water partition coefficient (Wildman–Crippen LogP) is 1.82. The van der Waals surface area contributed by atoms with Crippen molar-refractivity contribution < 1.29 is 19.8 Å². The lowest BCUT2D eigenvalue weighted by molar-refractivity contribution is -0.146. The van der Waals surface area contributed by atoms with E-state index in [9.17, 15) is 14.7 Å². The monoisotopic (exact) mass is 300 g/mol. The number of rotatable bonds is 7. The van der Waals surface area contributed by atoms with Gasteiger partial charge in [0.05, 0.1) is 6.61 Å². The molecule has 6 nitrogen and oxygen atoms in total. The Morgan fingerprint density at radius 1 is 1.29 bits per heavy atom. The second-order valence-corrected chi connectivity index (χ2v) is 6.06. The maximum Gasteiger partial charge on any atom is 0.329 e. The van der Waals surface area contributed by atoms with Crippen molar-refractivity contribution in [2.45, 2.75) is 57.9 Å². The zero-order valence-electron chi connectivity index (χ0n) is 13.1. The molecule has 0 aromatic carbocycles. The van der Waals surface area contributed by atoms with Gasteiger partial charge in [-0.15, -0.1) is 0 Å². The summed E-state index contributed by atoms with van der Waals surface area (Å²) >= 11 is 0. The Bertz CT molecular complexity index is 352. The smallest absolute Gasteiger partial charge is 0.329 e. The van der Waals surface area contributed by atoms with Crippen molar-refractivity contribution in [1.82, 2.24) is 10.2 Å². The number of hydrogen-bond donors (Lipinski definition) is 3. The molecule has 21 heavy (non-hydrogen) atoms. The van der Waals surface area contributed by atoms with Crippen LogP contribution >= 0.6 is 0 Å². The summed E-state index contributed by atoms with van der Waals surface area (Å²) in [5, 5.41) is 21.3. The van der Waals surface area contributed by atoms with E-state index in [4.69, 9.17) is 5.11 Å². The van der Waals surface area contributed by atoms with Gasteiger partial charge in [0, 0.05) is 13.1 Å². The van der Waals surface area contributed by atoms with Crippen molar-refractivity contribution in [2.75, 3.05) is 19.7 Å². The number of carbonyl (C=O) groups is 2. The SMILES string of the molecule is CCCCN(CCO)C(=O)NC1(C(=O)O)CCC(C)CC1. The predicted molar refractivity (Wildman–Crippen MR) is 80.1 cm³/mol. The number of aliphatic hydroxyl groups excluding tert-OH is 1. The quantitative estimate of drug-likeness (QED) is 0.669. The molecule has 1 saturated carbocycles. The number of amides is 2. The lowest BCUT2D eigenvalue weighted by atomic mass is 9.77. The van der Waals surface area contributed by atoms with Crippen LogP contribution in [-0.2, 0) is 4.79 Å². The van der Waals surface area contributed by atoms with Gasteiger partial charge in [-0.2, -0.15) is 0 Å². The molecular weight excluding hydrogens is 272 g/mol. The number of carboxylic acids is 1. The Labute approximate surface area is 126 Å². The van der Waals surface area contributed by atoms with E-state index in [-0.39, 0.29) is 19.2 Å². The van der Waals surface area contributed by atoms with E-state index in [2.05, 4.69) is 12.2 Å². The molecule has 0 atom stereocenters. The number of nitrogens with one attached hydrogen (secondary N) is 1. The number of nitrogens with zero attached hydrogens (tertiary/aromatic N) is 1. The molecule has 1 aliphatic rings. The van der Waals surface area contributed by atoms with Gasteiger partial charge in [-0.1, -0.05) is 20.3 Å². The fourth-order valence-electron chi connectivity index (χ4n) is 2.72. The van der Waals surface area contributed by atoms with Gasteiger partial charge in [0.15, 0.2) is 0 Å². The van der Waals surface area contributed by atoms with Crippen LogP contribution in [0, 0.1) is 5.92 Å². The molecule has 0 aliphatic heterocycles. The lowest BCUT2D eigenvalue weighted by Crippen LogP contribution is -2.59. The molecular formula is C15H28N2O4. The normalized spacial score (nSPS) is 25.4. The van der Waals surface area contributed by atoms with Gasteiger partial charge in [0.2, 0.25) is 0 Å². The third-order valence-electron chi connectivity index (χ3n) is 4.32. The fraction of sp³-hybridized carbons (Fsp3) is 0.867. The summed E-state index contributed by atoms with van der Waals surface area (Å²) in [5.41, 5.74) is -1.15. The van der Waals surface area contributed by atoms with Crippen LogP contribution in [0.3, 0.4) is 0 Å². The molecule has 0 aromatic rings. The van der Waals surface area contributed by atoms with E-state index in [0.29, 0.717) is 25.3 Å². The summed E-state index contributed by atoms with van der Waals surface area (Å²) in [6, 6.07) is -0.380. The fourth-order valence-corrected chi connectivity index (χ4v) is 2.72. The minimum absolute atomic E-state index is 0.117. The van der Waals surface area contributed by atoms with Crippen LogP contribution in [0.4, 0.5) is 4.79 Å². The van der Waals surface area contributed by atoms with E-state index < -0.39 is 11.5 Å². The van der Waals surface area contributed by atoms with E-state index in [1.807, 2.05) is 6.92 Å². The Kier molecular flexibility index (Phi) is 6.95. The maximum absolute atomic E-state index is 12.3. The maximum atomic E-state index is 12.3. The summed E-state index contributed by atoms with van der Waals surface area (Å²) < 4.78 is 0. The van der Waals surface area contributed by atoms with Crippen molar-refractivity contribution in [3.8, 4) is 0 Å². The third-order valence-corrected chi connectivity index (χ3v) is 4.32. The summed E-state index contributed by atoms with van der Waals surface area (Å²) in [6.45, 7) is 4.78. The highest BCUT2D eigenvalue weighted by atomic mass is 16.4. The Balaban J connectivity index is 2.72. The zero-order chi connectivity index (χ0) is 15.9. The number of urea groups is 1. The third kappa shape index (κ3) is 4.88. The number of aliphatic hydroxyl groups is 1. The highest BCUT2D eigenvalue weighted by Crippen LogP contribution is 2.32. The van der Waals surface area contributed by atoms with Crippen molar-refractivity contribution in [2.24, 2.45) is 5.92 Å². The highest BCUT2D eigenvalue weighted by molar-refractivity contribution is 5.86. The van der Waals surface area contributed by atoms with Gasteiger partial charge in [0.25, 0.3) is 0 Å². The first kappa shape index (κ1) is 17.8. The van der Waals surface area contributed by atoms with Crippen LogP contribution in [0.5, 0.6) is 0 Å². The summed E-state index contributed by atoms with van der Waals surface area (Å²) in [7, 11) is 0. The largest absolute Gasteiger partial charge is 0.480 e. The standard InChI is InChI=1S/C15H28N2O4/c1-3-4-9-17(10-11-18)14(21)16-15(13(19)20)7-5-12(2)6-8-15/h12,18H,3-11H2,1-2H3,(H,16,21)(H,19,20). The van der Waals surface area contributed by atoms with Gasteiger partial charge in [-0.05, 0) is 38.0 Å². The molecule has 0 spiro atoms. The van der Waals surface area contributed by atoms with Crippen molar-refractivity contribution in [3.05, 3.63) is 0 Å². The molecule has 122 valence electrons. The first-order valence-electron chi connectivity index (χ1n) is 7.86. The molecule has 0 unspecified atom stereocenters. The number of aliphatic carboxylic acids is 1. The van der Waals surface area contributed by atoms with Crippen LogP contribution in [0.1, 0.15) is 52.4 Å². The molecule has 0 radical (unpaired) electrons. The zero-order valence-corrected chi connectivity index (χ0v) is 13.1. The van der Waals surface area contributed by atoms with Gasteiger partial charge in [-0.25, -0.2) is 9.59 Å². The van der Waals surface area contributed by atoms with E-state index in [0.717, 1.165) is 25.7 Å². The Hall–Kier alpha value is -1.30. The first-order chi connectivity index (χ1) is 9.95. The van der Waals surface area contributed by atoms with Crippen molar-refractivity contribution >= 4 is 12.0 Å². The second kappa shape index (κ2) is 8.22. The number of carboxylic acid groups (broad SMARTS) is 1.